The fraction of sp³-hybridized carbons (Fsp3) is 0.750. The molecule has 0 aromatic carbocycles. The number of terminal acetylenes is 1. The second-order valence-corrected chi connectivity index (χ2v) is 3.69. The summed E-state index contributed by atoms with van der Waals surface area (Å²) in [6.45, 7) is 4.10. The van der Waals surface area contributed by atoms with Crippen molar-refractivity contribution in [2.75, 3.05) is 0 Å². The van der Waals surface area contributed by atoms with Crippen molar-refractivity contribution in [2.24, 2.45) is 0 Å². The van der Waals surface area contributed by atoms with Crippen LogP contribution >= 0.6 is 0 Å². The molecule has 0 saturated carbocycles. The van der Waals surface area contributed by atoms with Crippen LogP contribution in [0.2, 0.25) is 0 Å². The summed E-state index contributed by atoms with van der Waals surface area (Å²) >= 11 is 0. The molecule has 0 bridgehead atoms. The maximum Gasteiger partial charge on any atom is 0.220 e. The molecule has 0 aliphatic rings. The largest absolute Gasteiger partial charge is 0.353 e. The third-order valence-corrected chi connectivity index (χ3v) is 2.09. The Morgan fingerprint density at radius 2 is 2.14 bits per heavy atom. The Morgan fingerprint density at radius 1 is 1.43 bits per heavy atom. The number of nitrogens with one attached hydrogen (secondary N) is 1. The van der Waals surface area contributed by atoms with Gasteiger partial charge in [0, 0.05) is 18.9 Å². The quantitative estimate of drug-likeness (QED) is 0.491. The molecule has 0 aliphatic heterocycles. The maximum atomic E-state index is 11.3. The Kier molecular flexibility index (Phi) is 8.02. The van der Waals surface area contributed by atoms with E-state index in [0.29, 0.717) is 12.8 Å². The molecule has 1 unspecified atom stereocenters. The van der Waals surface area contributed by atoms with Crippen LogP contribution in [-0.2, 0) is 4.79 Å². The van der Waals surface area contributed by atoms with Crippen LogP contribution in [0.3, 0.4) is 0 Å². The number of amides is 1. The summed E-state index contributed by atoms with van der Waals surface area (Å²) in [5.41, 5.74) is 0. The molecular weight excluding hydrogens is 174 g/mol. The van der Waals surface area contributed by atoms with Gasteiger partial charge in [0.15, 0.2) is 0 Å². The van der Waals surface area contributed by atoms with Crippen LogP contribution in [0.5, 0.6) is 0 Å². The molecule has 0 spiro atoms. The van der Waals surface area contributed by atoms with Crippen molar-refractivity contribution < 1.29 is 4.79 Å². The van der Waals surface area contributed by atoms with Crippen molar-refractivity contribution in [1.82, 2.24) is 5.32 Å². The van der Waals surface area contributed by atoms with E-state index in [1.807, 2.05) is 6.92 Å². The van der Waals surface area contributed by atoms with Crippen LogP contribution < -0.4 is 5.32 Å². The minimum Gasteiger partial charge on any atom is -0.353 e. The molecule has 2 heteroatoms. The topological polar surface area (TPSA) is 29.1 Å². The number of carbonyl (C=O) groups is 1. The van der Waals surface area contributed by atoms with Crippen LogP contribution in [0.25, 0.3) is 0 Å². The minimum absolute atomic E-state index is 0.110. The average Bonchev–Trinajstić information content (AvgIpc) is 2.13. The van der Waals surface area contributed by atoms with Gasteiger partial charge in [0.2, 0.25) is 5.91 Å². The molecular formula is C12H21NO. The number of hydrogen-bond donors (Lipinski definition) is 1. The molecule has 80 valence electrons. The van der Waals surface area contributed by atoms with Crippen molar-refractivity contribution in [3.8, 4) is 12.3 Å². The van der Waals surface area contributed by atoms with Gasteiger partial charge in [0.1, 0.15) is 0 Å². The van der Waals surface area contributed by atoms with Crippen molar-refractivity contribution >= 4 is 5.91 Å². The van der Waals surface area contributed by atoms with Crippen molar-refractivity contribution in [3.63, 3.8) is 0 Å². The molecule has 0 aromatic heterocycles. The first-order chi connectivity index (χ1) is 6.70. The highest BCUT2D eigenvalue weighted by molar-refractivity contribution is 5.76. The molecule has 0 aromatic rings. The van der Waals surface area contributed by atoms with Gasteiger partial charge in [-0.25, -0.2) is 0 Å². The standard InChI is InChI=1S/C12H21NO/c1-4-6-7-8-10-12(14)13-11(3)9-5-2/h2,11H,4,6-10H2,1,3H3,(H,13,14). The summed E-state index contributed by atoms with van der Waals surface area (Å²) in [6.07, 6.45) is 10.9. The van der Waals surface area contributed by atoms with Crippen LogP contribution in [-0.4, -0.2) is 11.9 Å². The Labute approximate surface area is 87.5 Å². The van der Waals surface area contributed by atoms with E-state index in [-0.39, 0.29) is 11.9 Å². The molecule has 0 radical (unpaired) electrons. The summed E-state index contributed by atoms with van der Waals surface area (Å²) in [6, 6.07) is 0.110. The van der Waals surface area contributed by atoms with E-state index in [4.69, 9.17) is 6.42 Å². The highest BCUT2D eigenvalue weighted by Crippen LogP contribution is 2.02. The third-order valence-electron chi connectivity index (χ3n) is 2.09. The summed E-state index contributed by atoms with van der Waals surface area (Å²) in [5.74, 6) is 2.66. The van der Waals surface area contributed by atoms with Gasteiger partial charge in [-0.15, -0.1) is 12.3 Å². The molecule has 1 amide bonds. The first-order valence-electron chi connectivity index (χ1n) is 5.43. The second kappa shape index (κ2) is 8.62. The molecule has 1 N–H and O–H groups in total. The van der Waals surface area contributed by atoms with Gasteiger partial charge in [-0.05, 0) is 13.3 Å². The first kappa shape index (κ1) is 13.0. The average molecular weight is 195 g/mol. The molecule has 0 aliphatic carbocycles. The monoisotopic (exact) mass is 195 g/mol. The highest BCUT2D eigenvalue weighted by Gasteiger charge is 2.04. The molecule has 14 heavy (non-hydrogen) atoms. The first-order valence-corrected chi connectivity index (χ1v) is 5.43. The Morgan fingerprint density at radius 3 is 2.71 bits per heavy atom. The van der Waals surface area contributed by atoms with Gasteiger partial charge in [-0.1, -0.05) is 26.2 Å². The van der Waals surface area contributed by atoms with Gasteiger partial charge >= 0.3 is 0 Å². The zero-order valence-corrected chi connectivity index (χ0v) is 9.31. The fourth-order valence-electron chi connectivity index (χ4n) is 1.29. The zero-order valence-electron chi connectivity index (χ0n) is 9.31. The van der Waals surface area contributed by atoms with Crippen molar-refractivity contribution in [2.45, 2.75) is 58.4 Å². The SMILES string of the molecule is C#CCC(C)NC(=O)CCCCCC. The van der Waals surface area contributed by atoms with Gasteiger partial charge in [-0.3, -0.25) is 4.79 Å². The molecule has 0 saturated heterocycles. The van der Waals surface area contributed by atoms with Gasteiger partial charge in [0.25, 0.3) is 0 Å². The van der Waals surface area contributed by atoms with E-state index in [1.165, 1.54) is 12.8 Å². The van der Waals surface area contributed by atoms with E-state index in [1.54, 1.807) is 0 Å². The van der Waals surface area contributed by atoms with Crippen LogP contribution in [0.15, 0.2) is 0 Å². The highest BCUT2D eigenvalue weighted by atomic mass is 16.1. The Hall–Kier alpha value is -0.970. The Bertz CT molecular complexity index is 193. The number of hydrogen-bond acceptors (Lipinski definition) is 1. The lowest BCUT2D eigenvalue weighted by molar-refractivity contribution is -0.121. The van der Waals surface area contributed by atoms with Crippen LogP contribution in [0.1, 0.15) is 52.4 Å². The number of rotatable bonds is 7. The van der Waals surface area contributed by atoms with E-state index < -0.39 is 0 Å². The Balaban J connectivity index is 3.41. The fourth-order valence-corrected chi connectivity index (χ4v) is 1.29. The predicted molar refractivity (Wildman–Crippen MR) is 59.8 cm³/mol. The van der Waals surface area contributed by atoms with Gasteiger partial charge < -0.3 is 5.32 Å². The second-order valence-electron chi connectivity index (χ2n) is 3.69. The summed E-state index contributed by atoms with van der Waals surface area (Å²) in [7, 11) is 0. The summed E-state index contributed by atoms with van der Waals surface area (Å²) < 4.78 is 0. The van der Waals surface area contributed by atoms with E-state index in [2.05, 4.69) is 18.2 Å². The maximum absolute atomic E-state index is 11.3. The predicted octanol–water partition coefficient (Wildman–Crippen LogP) is 2.48. The van der Waals surface area contributed by atoms with Gasteiger partial charge in [-0.2, -0.15) is 0 Å². The third kappa shape index (κ3) is 7.67. The lowest BCUT2D eigenvalue weighted by Crippen LogP contribution is -2.31. The van der Waals surface area contributed by atoms with Crippen molar-refractivity contribution in [3.05, 3.63) is 0 Å². The zero-order chi connectivity index (χ0) is 10.8. The number of carbonyl (C=O) groups excluding carboxylic acids is 1. The van der Waals surface area contributed by atoms with Gasteiger partial charge in [0.05, 0.1) is 0 Å². The smallest absolute Gasteiger partial charge is 0.220 e. The van der Waals surface area contributed by atoms with E-state index >= 15 is 0 Å². The molecule has 0 heterocycles. The molecule has 2 nitrogen and oxygen atoms in total. The summed E-state index contributed by atoms with van der Waals surface area (Å²) in [4.78, 5) is 11.3. The minimum atomic E-state index is 0.110. The lowest BCUT2D eigenvalue weighted by atomic mass is 10.1. The van der Waals surface area contributed by atoms with E-state index in [9.17, 15) is 4.79 Å². The normalized spacial score (nSPS) is 11.8. The molecule has 0 fully saturated rings. The lowest BCUT2D eigenvalue weighted by Gasteiger charge is -2.10. The number of unbranched alkanes of at least 4 members (excludes halogenated alkanes) is 3. The molecule has 0 rings (SSSR count). The van der Waals surface area contributed by atoms with Crippen LogP contribution in [0.4, 0.5) is 0 Å². The summed E-state index contributed by atoms with van der Waals surface area (Å²) in [5, 5.41) is 2.88. The van der Waals surface area contributed by atoms with Crippen LogP contribution in [0, 0.1) is 12.3 Å². The van der Waals surface area contributed by atoms with Crippen molar-refractivity contribution in [1.29, 1.82) is 0 Å². The van der Waals surface area contributed by atoms with E-state index in [0.717, 1.165) is 12.8 Å². The molecule has 1 atom stereocenters.